The van der Waals surface area contributed by atoms with Crippen LogP contribution in [0, 0.1) is 5.82 Å². The van der Waals surface area contributed by atoms with Gasteiger partial charge in [0, 0.05) is 6.07 Å². The van der Waals surface area contributed by atoms with Crippen molar-refractivity contribution < 1.29 is 13.9 Å². The van der Waals surface area contributed by atoms with Crippen LogP contribution in [0.1, 0.15) is 0 Å². The van der Waals surface area contributed by atoms with Gasteiger partial charge in [0.1, 0.15) is 30.5 Å². The van der Waals surface area contributed by atoms with Gasteiger partial charge in [-0.15, -0.1) is 0 Å². The number of para-hydroxylation sites is 2. The molecule has 2 aromatic carbocycles. The molecule has 0 saturated carbocycles. The molecule has 0 unspecified atom stereocenters. The summed E-state index contributed by atoms with van der Waals surface area (Å²) in [6.07, 6.45) is 0. The lowest BCUT2D eigenvalue weighted by atomic mass is 10.3. The summed E-state index contributed by atoms with van der Waals surface area (Å²) in [5.74, 6) is 0.726. The second-order valence-corrected chi connectivity index (χ2v) is 4.67. The van der Waals surface area contributed by atoms with Gasteiger partial charge in [0.25, 0.3) is 0 Å². The number of nitrogens with two attached hydrogens (primary N) is 1. The van der Waals surface area contributed by atoms with E-state index in [-0.39, 0.29) is 5.82 Å². The van der Waals surface area contributed by atoms with Crippen LogP contribution in [0.25, 0.3) is 0 Å². The zero-order valence-corrected chi connectivity index (χ0v) is 11.7. The third kappa shape index (κ3) is 3.86. The van der Waals surface area contributed by atoms with Crippen LogP contribution in [-0.2, 0) is 0 Å². The molecular formula is C14H13BrFNO2. The van der Waals surface area contributed by atoms with E-state index in [1.54, 1.807) is 24.3 Å². The lowest BCUT2D eigenvalue weighted by Gasteiger charge is -2.10. The summed E-state index contributed by atoms with van der Waals surface area (Å²) in [6.45, 7) is 0.654. The number of anilines is 1. The van der Waals surface area contributed by atoms with Crippen molar-refractivity contribution >= 4 is 21.6 Å². The van der Waals surface area contributed by atoms with Crippen molar-refractivity contribution in [2.45, 2.75) is 0 Å². The topological polar surface area (TPSA) is 44.5 Å². The van der Waals surface area contributed by atoms with E-state index in [4.69, 9.17) is 15.2 Å². The van der Waals surface area contributed by atoms with Crippen LogP contribution in [0.2, 0.25) is 0 Å². The first kappa shape index (κ1) is 13.7. The Morgan fingerprint density at radius 2 is 1.79 bits per heavy atom. The minimum absolute atomic E-state index is 0.315. The van der Waals surface area contributed by atoms with Gasteiger partial charge in [-0.3, -0.25) is 0 Å². The zero-order valence-electron chi connectivity index (χ0n) is 10.1. The molecule has 0 fully saturated rings. The summed E-state index contributed by atoms with van der Waals surface area (Å²) in [6, 6.07) is 11.8. The molecule has 2 aromatic rings. The molecule has 100 valence electrons. The smallest absolute Gasteiger partial charge is 0.142 e. The van der Waals surface area contributed by atoms with Gasteiger partial charge >= 0.3 is 0 Å². The van der Waals surface area contributed by atoms with Crippen molar-refractivity contribution in [1.82, 2.24) is 0 Å². The second kappa shape index (κ2) is 6.43. The van der Waals surface area contributed by atoms with Crippen LogP contribution in [0.3, 0.4) is 0 Å². The zero-order chi connectivity index (χ0) is 13.7. The normalized spacial score (nSPS) is 10.2. The van der Waals surface area contributed by atoms with Crippen molar-refractivity contribution in [2.24, 2.45) is 0 Å². The van der Waals surface area contributed by atoms with Crippen LogP contribution in [0.5, 0.6) is 11.5 Å². The third-order valence-corrected chi connectivity index (χ3v) is 3.06. The van der Waals surface area contributed by atoms with Crippen LogP contribution in [-0.4, -0.2) is 13.2 Å². The Hall–Kier alpha value is -1.75. The number of nitrogen functional groups attached to an aromatic ring is 1. The van der Waals surface area contributed by atoms with Gasteiger partial charge in [-0.1, -0.05) is 12.1 Å². The van der Waals surface area contributed by atoms with Gasteiger partial charge in [-0.05, 0) is 40.2 Å². The minimum Gasteiger partial charge on any atom is -0.490 e. The fraction of sp³-hybridized carbons (Fsp3) is 0.143. The quantitative estimate of drug-likeness (QED) is 0.674. The van der Waals surface area contributed by atoms with Gasteiger partial charge < -0.3 is 15.2 Å². The Morgan fingerprint density at radius 1 is 1.05 bits per heavy atom. The largest absolute Gasteiger partial charge is 0.490 e. The average molecular weight is 326 g/mol. The minimum atomic E-state index is -0.356. The molecule has 3 nitrogen and oxygen atoms in total. The molecule has 2 rings (SSSR count). The van der Waals surface area contributed by atoms with Gasteiger partial charge in [0.05, 0.1) is 10.2 Å². The Labute approximate surface area is 119 Å². The standard InChI is InChI=1S/C14H13BrFNO2/c15-11-6-5-10(9-12(11)16)18-7-8-19-14-4-2-1-3-13(14)17/h1-6,9H,7-8,17H2. The highest BCUT2D eigenvalue weighted by atomic mass is 79.9. The molecule has 5 heteroatoms. The Kier molecular flexibility index (Phi) is 4.63. The van der Waals surface area contributed by atoms with Crippen molar-refractivity contribution in [3.63, 3.8) is 0 Å². The molecule has 0 bridgehead atoms. The molecule has 0 aromatic heterocycles. The molecule has 0 atom stereocenters. The molecule has 19 heavy (non-hydrogen) atoms. The van der Waals surface area contributed by atoms with Crippen LogP contribution in [0.15, 0.2) is 46.9 Å². The predicted molar refractivity (Wildman–Crippen MR) is 75.9 cm³/mol. The van der Waals surface area contributed by atoms with Gasteiger partial charge in [0.2, 0.25) is 0 Å². The fourth-order valence-electron chi connectivity index (χ4n) is 1.49. The van der Waals surface area contributed by atoms with Gasteiger partial charge in [0.15, 0.2) is 0 Å². The lowest BCUT2D eigenvalue weighted by Crippen LogP contribution is -2.10. The first-order valence-corrected chi connectivity index (χ1v) is 6.51. The molecule has 0 saturated heterocycles. The fourth-order valence-corrected chi connectivity index (χ4v) is 1.74. The summed E-state index contributed by atoms with van der Waals surface area (Å²) in [7, 11) is 0. The maximum Gasteiger partial charge on any atom is 0.142 e. The maximum atomic E-state index is 13.2. The van der Waals surface area contributed by atoms with E-state index in [1.165, 1.54) is 6.07 Å². The molecule has 0 heterocycles. The summed E-state index contributed by atoms with van der Waals surface area (Å²) >= 11 is 3.08. The van der Waals surface area contributed by atoms with Crippen LogP contribution in [0.4, 0.5) is 10.1 Å². The summed E-state index contributed by atoms with van der Waals surface area (Å²) < 4.78 is 24.5. The number of hydrogen-bond donors (Lipinski definition) is 1. The highest BCUT2D eigenvalue weighted by Gasteiger charge is 2.02. The van der Waals surface area contributed by atoms with Gasteiger partial charge in [-0.25, -0.2) is 4.39 Å². The average Bonchev–Trinajstić information content (AvgIpc) is 2.40. The van der Waals surface area contributed by atoms with Crippen molar-refractivity contribution in [2.75, 3.05) is 18.9 Å². The highest BCUT2D eigenvalue weighted by molar-refractivity contribution is 9.10. The van der Waals surface area contributed by atoms with E-state index in [2.05, 4.69) is 15.9 Å². The van der Waals surface area contributed by atoms with Crippen molar-refractivity contribution in [1.29, 1.82) is 0 Å². The summed E-state index contributed by atoms with van der Waals surface area (Å²) in [4.78, 5) is 0. The first-order valence-electron chi connectivity index (χ1n) is 5.72. The van der Waals surface area contributed by atoms with Crippen LogP contribution >= 0.6 is 15.9 Å². The second-order valence-electron chi connectivity index (χ2n) is 3.81. The Bertz CT molecular complexity index is 563. The SMILES string of the molecule is Nc1ccccc1OCCOc1ccc(Br)c(F)c1. The molecule has 0 radical (unpaired) electrons. The lowest BCUT2D eigenvalue weighted by molar-refractivity contribution is 0.217. The summed E-state index contributed by atoms with van der Waals surface area (Å²) in [5, 5.41) is 0. The molecule has 0 amide bonds. The molecule has 0 aliphatic carbocycles. The number of ether oxygens (including phenoxy) is 2. The van der Waals surface area contributed by atoms with E-state index >= 15 is 0 Å². The molecule has 0 spiro atoms. The van der Waals surface area contributed by atoms with E-state index in [9.17, 15) is 4.39 Å². The Balaban J connectivity index is 1.81. The third-order valence-electron chi connectivity index (χ3n) is 2.42. The number of hydrogen-bond acceptors (Lipinski definition) is 3. The monoisotopic (exact) mass is 325 g/mol. The van der Waals surface area contributed by atoms with E-state index in [0.717, 1.165) is 0 Å². The first-order chi connectivity index (χ1) is 9.16. The maximum absolute atomic E-state index is 13.2. The molecular weight excluding hydrogens is 313 g/mol. The number of halogens is 2. The molecule has 0 aliphatic heterocycles. The Morgan fingerprint density at radius 3 is 2.53 bits per heavy atom. The highest BCUT2D eigenvalue weighted by Crippen LogP contribution is 2.21. The van der Waals surface area contributed by atoms with E-state index < -0.39 is 0 Å². The van der Waals surface area contributed by atoms with Crippen molar-refractivity contribution in [3.8, 4) is 11.5 Å². The van der Waals surface area contributed by atoms with Crippen molar-refractivity contribution in [3.05, 3.63) is 52.8 Å². The van der Waals surface area contributed by atoms with E-state index in [0.29, 0.717) is 34.9 Å². The van der Waals surface area contributed by atoms with Crippen LogP contribution < -0.4 is 15.2 Å². The summed E-state index contributed by atoms with van der Waals surface area (Å²) in [5.41, 5.74) is 6.31. The number of rotatable bonds is 5. The van der Waals surface area contributed by atoms with Gasteiger partial charge in [-0.2, -0.15) is 0 Å². The number of benzene rings is 2. The predicted octanol–water partition coefficient (Wildman–Crippen LogP) is 3.63. The van der Waals surface area contributed by atoms with E-state index in [1.807, 2.05) is 12.1 Å². The molecule has 0 aliphatic rings. The molecule has 2 N–H and O–H groups in total.